The van der Waals surface area contributed by atoms with Crippen molar-refractivity contribution in [3.8, 4) is 5.75 Å². The van der Waals surface area contributed by atoms with E-state index < -0.39 is 17.7 Å². The molecule has 1 aromatic carbocycles. The minimum Gasteiger partial charge on any atom is -0.508 e. The lowest BCUT2D eigenvalue weighted by molar-refractivity contribution is -0.139. The molecule has 2 aromatic rings. The summed E-state index contributed by atoms with van der Waals surface area (Å²) in [7, 11) is 3.88. The molecule has 0 saturated carbocycles. The summed E-state index contributed by atoms with van der Waals surface area (Å²) < 4.78 is 0. The molecule has 1 unspecified atom stereocenters. The molecule has 0 spiro atoms. The molecule has 7 nitrogen and oxygen atoms in total. The van der Waals surface area contributed by atoms with E-state index in [-0.39, 0.29) is 17.1 Å². The van der Waals surface area contributed by atoms with Gasteiger partial charge in [-0.25, -0.2) is 0 Å². The van der Waals surface area contributed by atoms with Gasteiger partial charge in [0.05, 0.1) is 11.6 Å². The van der Waals surface area contributed by atoms with Crippen molar-refractivity contribution in [1.82, 2.24) is 14.8 Å². The molecule has 3 rings (SSSR count). The van der Waals surface area contributed by atoms with Crippen molar-refractivity contribution < 1.29 is 19.8 Å². The summed E-state index contributed by atoms with van der Waals surface area (Å²) in [5.74, 6) is -1.49. The predicted molar refractivity (Wildman–Crippen MR) is 105 cm³/mol. The number of benzene rings is 1. The van der Waals surface area contributed by atoms with Gasteiger partial charge >= 0.3 is 0 Å². The van der Waals surface area contributed by atoms with Crippen LogP contribution in [0.4, 0.5) is 0 Å². The van der Waals surface area contributed by atoms with Crippen LogP contribution in [0.2, 0.25) is 0 Å². The maximum Gasteiger partial charge on any atom is 0.295 e. The lowest BCUT2D eigenvalue weighted by atomic mass is 9.95. The smallest absolute Gasteiger partial charge is 0.295 e. The number of phenols is 1. The Balaban J connectivity index is 2.07. The van der Waals surface area contributed by atoms with E-state index in [0.717, 1.165) is 6.54 Å². The Morgan fingerprint density at radius 3 is 2.36 bits per heavy atom. The summed E-state index contributed by atoms with van der Waals surface area (Å²) in [4.78, 5) is 32.9. The molecule has 1 atom stereocenters. The van der Waals surface area contributed by atoms with E-state index >= 15 is 0 Å². The van der Waals surface area contributed by atoms with Crippen LogP contribution in [0.25, 0.3) is 5.76 Å². The Morgan fingerprint density at radius 1 is 1.11 bits per heavy atom. The van der Waals surface area contributed by atoms with E-state index in [9.17, 15) is 19.8 Å². The number of likely N-dealkylation sites (tertiary alicyclic amines) is 1. The highest BCUT2D eigenvalue weighted by Crippen LogP contribution is 2.39. The van der Waals surface area contributed by atoms with E-state index in [1.807, 2.05) is 19.0 Å². The summed E-state index contributed by atoms with van der Waals surface area (Å²) in [6.45, 7) is 1.14. The van der Waals surface area contributed by atoms with Crippen LogP contribution >= 0.6 is 0 Å². The SMILES string of the molecule is CN(C)CCCN1C(=O)C(=O)/C(=C(\O)c2ccncc2)C1c1ccc(O)cc1. The van der Waals surface area contributed by atoms with Crippen molar-refractivity contribution in [1.29, 1.82) is 0 Å². The van der Waals surface area contributed by atoms with E-state index in [2.05, 4.69) is 4.98 Å². The third kappa shape index (κ3) is 3.89. The zero-order valence-electron chi connectivity index (χ0n) is 15.9. The van der Waals surface area contributed by atoms with Crippen LogP contribution in [-0.2, 0) is 9.59 Å². The van der Waals surface area contributed by atoms with Crippen LogP contribution in [-0.4, -0.2) is 63.9 Å². The molecule has 1 aromatic heterocycles. The fourth-order valence-electron chi connectivity index (χ4n) is 3.34. The highest BCUT2D eigenvalue weighted by molar-refractivity contribution is 6.46. The molecule has 1 aliphatic heterocycles. The summed E-state index contributed by atoms with van der Waals surface area (Å²) in [5.41, 5.74) is 1.12. The molecule has 1 fully saturated rings. The molecular weight excluding hydrogens is 358 g/mol. The van der Waals surface area contributed by atoms with Gasteiger partial charge in [0.2, 0.25) is 0 Å². The quantitative estimate of drug-likeness (QED) is 0.452. The van der Waals surface area contributed by atoms with Crippen molar-refractivity contribution in [2.75, 3.05) is 27.2 Å². The molecule has 0 radical (unpaired) electrons. The van der Waals surface area contributed by atoms with E-state index in [1.54, 1.807) is 24.3 Å². The van der Waals surface area contributed by atoms with Crippen LogP contribution in [0, 0.1) is 0 Å². The van der Waals surface area contributed by atoms with Gasteiger partial charge in [-0.15, -0.1) is 0 Å². The van der Waals surface area contributed by atoms with Crippen molar-refractivity contribution in [2.45, 2.75) is 12.5 Å². The maximum atomic E-state index is 12.8. The minimum absolute atomic E-state index is 0.0479. The van der Waals surface area contributed by atoms with Gasteiger partial charge < -0.3 is 20.0 Å². The first-order valence-corrected chi connectivity index (χ1v) is 9.02. The van der Waals surface area contributed by atoms with Gasteiger partial charge in [0.1, 0.15) is 11.5 Å². The number of pyridine rings is 1. The van der Waals surface area contributed by atoms with Crippen LogP contribution in [0.5, 0.6) is 5.75 Å². The maximum absolute atomic E-state index is 12.8. The number of hydrogen-bond acceptors (Lipinski definition) is 6. The number of amides is 1. The molecule has 28 heavy (non-hydrogen) atoms. The van der Waals surface area contributed by atoms with Gasteiger partial charge in [-0.3, -0.25) is 14.6 Å². The van der Waals surface area contributed by atoms with Crippen molar-refractivity contribution >= 4 is 17.4 Å². The molecule has 7 heteroatoms. The first-order valence-electron chi connectivity index (χ1n) is 9.02. The van der Waals surface area contributed by atoms with Gasteiger partial charge in [0, 0.05) is 24.5 Å². The molecule has 146 valence electrons. The summed E-state index contributed by atoms with van der Waals surface area (Å²) in [6.07, 6.45) is 3.71. The van der Waals surface area contributed by atoms with E-state index in [4.69, 9.17) is 0 Å². The topological polar surface area (TPSA) is 94.0 Å². The summed E-state index contributed by atoms with van der Waals surface area (Å²) in [6, 6.07) is 8.78. The van der Waals surface area contributed by atoms with Crippen molar-refractivity contribution in [2.24, 2.45) is 0 Å². The Morgan fingerprint density at radius 2 is 1.75 bits per heavy atom. The Labute approximate surface area is 163 Å². The normalized spacial score (nSPS) is 18.8. The van der Waals surface area contributed by atoms with Gasteiger partial charge in [-0.1, -0.05) is 12.1 Å². The van der Waals surface area contributed by atoms with Gasteiger partial charge in [-0.05, 0) is 56.9 Å². The number of hydrogen-bond donors (Lipinski definition) is 2. The fourth-order valence-corrected chi connectivity index (χ4v) is 3.34. The van der Waals surface area contributed by atoms with Crippen molar-refractivity contribution in [3.63, 3.8) is 0 Å². The first kappa shape index (κ1) is 19.6. The lowest BCUT2D eigenvalue weighted by Gasteiger charge is -2.26. The lowest BCUT2D eigenvalue weighted by Crippen LogP contribution is -2.32. The van der Waals surface area contributed by atoms with Gasteiger partial charge in [0.15, 0.2) is 0 Å². The third-order valence-electron chi connectivity index (χ3n) is 4.71. The number of phenolic OH excluding ortho intramolecular Hbond substituents is 1. The summed E-state index contributed by atoms with van der Waals surface area (Å²) >= 11 is 0. The highest BCUT2D eigenvalue weighted by Gasteiger charge is 2.45. The second-order valence-electron chi connectivity index (χ2n) is 6.98. The number of Topliss-reactive ketones (excluding diaryl/α,β-unsaturated/α-hetero) is 1. The molecule has 1 amide bonds. The highest BCUT2D eigenvalue weighted by atomic mass is 16.3. The number of aromatic nitrogens is 1. The average Bonchev–Trinajstić information content (AvgIpc) is 2.93. The zero-order chi connectivity index (χ0) is 20.3. The fraction of sp³-hybridized carbons (Fsp3) is 0.286. The molecule has 2 heterocycles. The first-order chi connectivity index (χ1) is 13.4. The monoisotopic (exact) mass is 381 g/mol. The van der Waals surface area contributed by atoms with Crippen LogP contribution in [0.15, 0.2) is 54.4 Å². The average molecular weight is 381 g/mol. The number of ketones is 1. The number of aliphatic hydroxyl groups excluding tert-OH is 1. The van der Waals surface area contributed by atoms with Gasteiger partial charge in [-0.2, -0.15) is 0 Å². The second kappa shape index (κ2) is 8.22. The number of rotatable bonds is 6. The molecule has 1 aliphatic rings. The van der Waals surface area contributed by atoms with E-state index in [1.165, 1.54) is 29.4 Å². The number of aliphatic hydroxyl groups is 1. The molecule has 0 aliphatic carbocycles. The zero-order valence-corrected chi connectivity index (χ0v) is 15.9. The standard InChI is InChI=1S/C21H23N3O4/c1-23(2)12-3-13-24-18(14-4-6-16(25)7-5-14)17(20(27)21(24)28)19(26)15-8-10-22-11-9-15/h4-11,18,25-26H,3,12-13H2,1-2H3/b19-17-. The molecule has 1 saturated heterocycles. The second-order valence-corrected chi connectivity index (χ2v) is 6.98. The van der Waals surface area contributed by atoms with Crippen LogP contribution < -0.4 is 0 Å². The Hall–Kier alpha value is -3.19. The predicted octanol–water partition coefficient (Wildman–Crippen LogP) is 2.16. The van der Waals surface area contributed by atoms with Gasteiger partial charge in [0.25, 0.3) is 11.7 Å². The van der Waals surface area contributed by atoms with E-state index in [0.29, 0.717) is 24.1 Å². The number of aromatic hydroxyl groups is 1. The van der Waals surface area contributed by atoms with Crippen LogP contribution in [0.3, 0.4) is 0 Å². The molecular formula is C21H23N3O4. The Bertz CT molecular complexity index is 892. The number of carbonyl (C=O) groups excluding carboxylic acids is 2. The molecule has 2 N–H and O–H groups in total. The number of carbonyl (C=O) groups is 2. The van der Waals surface area contributed by atoms with Crippen molar-refractivity contribution in [3.05, 3.63) is 65.5 Å². The van der Waals surface area contributed by atoms with Crippen LogP contribution in [0.1, 0.15) is 23.6 Å². The Kier molecular flexibility index (Phi) is 5.75. The largest absolute Gasteiger partial charge is 0.508 e. The minimum atomic E-state index is -0.712. The molecule has 0 bridgehead atoms. The number of nitrogens with zero attached hydrogens (tertiary/aromatic N) is 3. The third-order valence-corrected chi connectivity index (χ3v) is 4.71. The summed E-state index contributed by atoms with van der Waals surface area (Å²) in [5, 5.41) is 20.4.